The number of morpholine rings is 1. The molecule has 9 heteroatoms. The van der Waals surface area contributed by atoms with Gasteiger partial charge in [0.15, 0.2) is 23.0 Å². The Hall–Kier alpha value is -3.82. The summed E-state index contributed by atoms with van der Waals surface area (Å²) >= 11 is 0. The fourth-order valence-corrected chi connectivity index (χ4v) is 4.64. The van der Waals surface area contributed by atoms with Crippen LogP contribution in [0.4, 0.5) is 0 Å². The molecule has 0 saturated carbocycles. The third-order valence-electron chi connectivity index (χ3n) is 6.56. The number of carbonyl (C=O) groups excluding carboxylic acids is 2. The lowest BCUT2D eigenvalue weighted by molar-refractivity contribution is -0.129. The van der Waals surface area contributed by atoms with Crippen molar-refractivity contribution in [2.45, 2.75) is 6.04 Å². The molecular formula is C28H32N2O7. The summed E-state index contributed by atoms with van der Waals surface area (Å²) in [4.78, 5) is 30.5. The van der Waals surface area contributed by atoms with E-state index in [2.05, 4.69) is 4.90 Å². The molecule has 1 saturated heterocycles. The Bertz CT molecular complexity index is 1160. The first-order valence-corrected chi connectivity index (χ1v) is 12.1. The van der Waals surface area contributed by atoms with E-state index in [-0.39, 0.29) is 5.57 Å². The van der Waals surface area contributed by atoms with Gasteiger partial charge in [-0.25, -0.2) is 0 Å². The predicted molar refractivity (Wildman–Crippen MR) is 138 cm³/mol. The summed E-state index contributed by atoms with van der Waals surface area (Å²) in [5.74, 6) is -0.442. The molecule has 1 N–H and O–H groups in total. The van der Waals surface area contributed by atoms with E-state index in [1.807, 2.05) is 30.3 Å². The van der Waals surface area contributed by atoms with Gasteiger partial charge in [0.2, 0.25) is 5.75 Å². The third kappa shape index (κ3) is 5.63. The Kier molecular flexibility index (Phi) is 8.47. The maximum absolute atomic E-state index is 13.4. The van der Waals surface area contributed by atoms with Crippen LogP contribution < -0.4 is 14.2 Å². The van der Waals surface area contributed by atoms with Crippen molar-refractivity contribution in [2.75, 3.05) is 60.7 Å². The molecule has 0 spiro atoms. The first-order valence-electron chi connectivity index (χ1n) is 12.1. The minimum Gasteiger partial charge on any atom is -0.503 e. The predicted octanol–water partition coefficient (Wildman–Crippen LogP) is 3.02. The van der Waals surface area contributed by atoms with Crippen LogP contribution in [0.3, 0.4) is 0 Å². The van der Waals surface area contributed by atoms with E-state index in [1.54, 1.807) is 18.2 Å². The van der Waals surface area contributed by atoms with E-state index in [4.69, 9.17) is 18.9 Å². The van der Waals surface area contributed by atoms with Crippen molar-refractivity contribution in [3.05, 3.63) is 71.0 Å². The number of ether oxygens (including phenoxy) is 4. The lowest BCUT2D eigenvalue weighted by Gasteiger charge is -2.32. The van der Waals surface area contributed by atoms with Gasteiger partial charge in [-0.3, -0.25) is 14.5 Å². The van der Waals surface area contributed by atoms with Crippen molar-refractivity contribution in [1.82, 2.24) is 9.80 Å². The number of allylic oxidation sites excluding steroid dienone is 1. The minimum atomic E-state index is -0.838. The van der Waals surface area contributed by atoms with E-state index in [0.29, 0.717) is 49.1 Å². The molecule has 37 heavy (non-hydrogen) atoms. The number of aliphatic hydroxyl groups excluding tert-OH is 1. The number of rotatable bonds is 10. The third-order valence-corrected chi connectivity index (χ3v) is 6.56. The maximum atomic E-state index is 13.4. The Balaban J connectivity index is 1.73. The number of hydrogen-bond donors (Lipinski definition) is 1. The van der Waals surface area contributed by atoms with Gasteiger partial charge in [-0.15, -0.1) is 0 Å². The van der Waals surface area contributed by atoms with Gasteiger partial charge in [-0.05, 0) is 29.3 Å². The van der Waals surface area contributed by atoms with Crippen molar-refractivity contribution in [2.24, 2.45) is 0 Å². The fraction of sp³-hybridized carbons (Fsp3) is 0.357. The van der Waals surface area contributed by atoms with Gasteiger partial charge in [0.05, 0.1) is 46.2 Å². The number of benzene rings is 2. The van der Waals surface area contributed by atoms with Crippen LogP contribution >= 0.6 is 0 Å². The second-order valence-electron chi connectivity index (χ2n) is 8.68. The highest BCUT2D eigenvalue weighted by molar-refractivity contribution is 6.14. The fourth-order valence-electron chi connectivity index (χ4n) is 4.64. The molecule has 0 aliphatic carbocycles. The highest BCUT2D eigenvalue weighted by atomic mass is 16.5. The molecule has 2 aliphatic rings. The van der Waals surface area contributed by atoms with Crippen LogP contribution in [0.1, 0.15) is 17.2 Å². The summed E-state index contributed by atoms with van der Waals surface area (Å²) in [5, 5.41) is 10.9. The molecule has 1 atom stereocenters. The summed E-state index contributed by atoms with van der Waals surface area (Å²) in [7, 11) is 4.50. The highest BCUT2D eigenvalue weighted by Crippen LogP contribution is 2.45. The zero-order valence-corrected chi connectivity index (χ0v) is 21.3. The minimum absolute atomic E-state index is 0.00781. The molecule has 0 bridgehead atoms. The summed E-state index contributed by atoms with van der Waals surface area (Å²) in [6, 6.07) is 11.9. The quantitative estimate of drug-likeness (QED) is 0.489. The molecule has 1 fully saturated rings. The van der Waals surface area contributed by atoms with Crippen molar-refractivity contribution in [1.29, 1.82) is 0 Å². The van der Waals surface area contributed by atoms with Gasteiger partial charge >= 0.3 is 0 Å². The van der Waals surface area contributed by atoms with Gasteiger partial charge in [0.1, 0.15) is 0 Å². The van der Waals surface area contributed by atoms with Crippen LogP contribution in [0, 0.1) is 0 Å². The van der Waals surface area contributed by atoms with Crippen molar-refractivity contribution in [3.8, 4) is 17.2 Å². The monoisotopic (exact) mass is 508 g/mol. The SMILES string of the molecule is COc1cc(C2C(C(=O)/C=C/c3ccccc3)=C(O)C(=O)N2CCN2CCOCC2)cc(OC)c1OC. The molecule has 2 aromatic rings. The summed E-state index contributed by atoms with van der Waals surface area (Å²) in [6.45, 7) is 3.64. The second kappa shape index (κ2) is 11.9. The average Bonchev–Trinajstić information content (AvgIpc) is 3.20. The van der Waals surface area contributed by atoms with E-state index in [1.165, 1.54) is 32.3 Å². The Morgan fingerprint density at radius 1 is 1.03 bits per heavy atom. The molecule has 4 rings (SSSR count). The zero-order chi connectivity index (χ0) is 26.4. The molecule has 9 nitrogen and oxygen atoms in total. The van der Waals surface area contributed by atoms with Crippen LogP contribution in [0.5, 0.6) is 17.2 Å². The number of hydrogen-bond acceptors (Lipinski definition) is 8. The first-order chi connectivity index (χ1) is 18.0. The van der Waals surface area contributed by atoms with Crippen LogP contribution in [-0.4, -0.2) is 87.3 Å². The van der Waals surface area contributed by atoms with Crippen molar-refractivity contribution in [3.63, 3.8) is 0 Å². The van der Waals surface area contributed by atoms with Crippen molar-refractivity contribution < 1.29 is 33.6 Å². The standard InChI is InChI=1S/C28H32N2O7/c1-34-22-17-20(18-23(35-2)27(22)36-3)25-24(21(31)10-9-19-7-5-4-6-8-19)26(32)28(33)30(25)12-11-29-13-15-37-16-14-29/h4-10,17-18,25,32H,11-16H2,1-3H3/b10-9+. The van der Waals surface area contributed by atoms with Crippen LogP contribution in [-0.2, 0) is 14.3 Å². The number of amides is 1. The molecule has 2 aliphatic heterocycles. The Labute approximate surface area is 216 Å². The summed E-state index contributed by atoms with van der Waals surface area (Å²) in [6.07, 6.45) is 3.04. The lowest BCUT2D eigenvalue weighted by atomic mass is 9.94. The van der Waals surface area contributed by atoms with Gasteiger partial charge in [0.25, 0.3) is 5.91 Å². The Morgan fingerprint density at radius 2 is 1.68 bits per heavy atom. The zero-order valence-electron chi connectivity index (χ0n) is 21.3. The van der Waals surface area contributed by atoms with E-state index >= 15 is 0 Å². The normalized spacial score (nSPS) is 18.5. The topological polar surface area (TPSA) is 97.8 Å². The van der Waals surface area contributed by atoms with Gasteiger partial charge in [-0.1, -0.05) is 36.4 Å². The molecule has 1 unspecified atom stereocenters. The first kappa shape index (κ1) is 26.2. The molecule has 0 aromatic heterocycles. The van der Waals surface area contributed by atoms with E-state index < -0.39 is 23.5 Å². The summed E-state index contributed by atoms with van der Waals surface area (Å²) < 4.78 is 21.9. The van der Waals surface area contributed by atoms with E-state index in [9.17, 15) is 14.7 Å². The maximum Gasteiger partial charge on any atom is 0.290 e. The summed E-state index contributed by atoms with van der Waals surface area (Å²) in [5.41, 5.74) is 1.40. The number of methoxy groups -OCH3 is 3. The largest absolute Gasteiger partial charge is 0.503 e. The Morgan fingerprint density at radius 3 is 2.27 bits per heavy atom. The second-order valence-corrected chi connectivity index (χ2v) is 8.68. The molecule has 1 amide bonds. The molecule has 196 valence electrons. The van der Waals surface area contributed by atoms with Gasteiger partial charge in [0, 0.05) is 26.2 Å². The van der Waals surface area contributed by atoms with Gasteiger partial charge < -0.3 is 29.0 Å². The number of carbonyl (C=O) groups is 2. The van der Waals surface area contributed by atoms with Crippen LogP contribution in [0.25, 0.3) is 6.08 Å². The number of aliphatic hydroxyl groups is 1. The molecular weight excluding hydrogens is 476 g/mol. The highest BCUT2D eigenvalue weighted by Gasteiger charge is 2.43. The number of ketones is 1. The van der Waals surface area contributed by atoms with Gasteiger partial charge in [-0.2, -0.15) is 0 Å². The average molecular weight is 509 g/mol. The molecule has 2 heterocycles. The molecule has 0 radical (unpaired) electrons. The molecule has 2 aromatic carbocycles. The lowest BCUT2D eigenvalue weighted by Crippen LogP contribution is -2.43. The smallest absolute Gasteiger partial charge is 0.290 e. The van der Waals surface area contributed by atoms with Crippen molar-refractivity contribution >= 4 is 17.8 Å². The van der Waals surface area contributed by atoms with Crippen LogP contribution in [0.15, 0.2) is 59.9 Å². The van der Waals surface area contributed by atoms with Crippen LogP contribution in [0.2, 0.25) is 0 Å². The van der Waals surface area contributed by atoms with E-state index in [0.717, 1.165) is 18.7 Å². The number of nitrogens with zero attached hydrogens (tertiary/aromatic N) is 2.